The summed E-state index contributed by atoms with van der Waals surface area (Å²) in [5.41, 5.74) is 0.826. The molecule has 2 aromatic rings. The highest BCUT2D eigenvalue weighted by atomic mass is 32.2. The normalized spacial score (nSPS) is 16.8. The number of thiazole rings is 1. The summed E-state index contributed by atoms with van der Waals surface area (Å²) in [6, 6.07) is 5.02. The van der Waals surface area contributed by atoms with Crippen LogP contribution < -0.4 is 4.87 Å². The Morgan fingerprint density at radius 1 is 1.24 bits per heavy atom. The standard InChI is InChI=1S/C14H18N2O3S2/c1-2-7-16-12-6-5-11(10-13(12)20-14(16)17)21(18,19)15-8-3-4-9-15/h5-6,10H,2-4,7-9H2,1H3. The topological polar surface area (TPSA) is 59.4 Å². The van der Waals surface area contributed by atoms with Crippen molar-refractivity contribution in [3.63, 3.8) is 0 Å². The van der Waals surface area contributed by atoms with Crippen molar-refractivity contribution in [3.05, 3.63) is 27.9 Å². The fourth-order valence-electron chi connectivity index (χ4n) is 2.72. The number of sulfonamides is 1. The molecule has 0 saturated carbocycles. The summed E-state index contributed by atoms with van der Waals surface area (Å²) in [6.45, 7) is 3.86. The molecule has 114 valence electrons. The van der Waals surface area contributed by atoms with Crippen LogP contribution in [0.25, 0.3) is 10.2 Å². The Hall–Kier alpha value is -1.18. The first-order valence-corrected chi connectivity index (χ1v) is 9.43. The SMILES string of the molecule is CCCn1c(=O)sc2cc(S(=O)(=O)N3CCCC3)ccc21. The Kier molecular flexibility index (Phi) is 3.90. The van der Waals surface area contributed by atoms with Gasteiger partial charge >= 0.3 is 4.87 Å². The number of fused-ring (bicyclic) bond motifs is 1. The van der Waals surface area contributed by atoms with Crippen molar-refractivity contribution in [2.75, 3.05) is 13.1 Å². The van der Waals surface area contributed by atoms with Gasteiger partial charge in [-0.25, -0.2) is 8.42 Å². The van der Waals surface area contributed by atoms with Gasteiger partial charge in [-0.05, 0) is 37.5 Å². The Morgan fingerprint density at radius 2 is 1.95 bits per heavy atom. The molecule has 0 atom stereocenters. The van der Waals surface area contributed by atoms with E-state index in [1.165, 1.54) is 4.31 Å². The minimum Gasteiger partial charge on any atom is -0.299 e. The van der Waals surface area contributed by atoms with Crippen LogP contribution in [0.15, 0.2) is 27.9 Å². The predicted octanol–water partition coefficient (Wildman–Crippen LogP) is 2.26. The summed E-state index contributed by atoms with van der Waals surface area (Å²) in [5, 5.41) is 0. The summed E-state index contributed by atoms with van der Waals surface area (Å²) in [5.74, 6) is 0. The fourth-order valence-corrected chi connectivity index (χ4v) is 5.30. The van der Waals surface area contributed by atoms with E-state index < -0.39 is 10.0 Å². The third-order valence-corrected chi connectivity index (χ3v) is 6.63. The summed E-state index contributed by atoms with van der Waals surface area (Å²) in [4.78, 5) is 12.2. The maximum atomic E-state index is 12.5. The highest BCUT2D eigenvalue weighted by Gasteiger charge is 2.27. The van der Waals surface area contributed by atoms with Gasteiger partial charge in [-0.3, -0.25) is 9.36 Å². The average molecular weight is 326 g/mol. The van der Waals surface area contributed by atoms with Gasteiger partial charge in [-0.2, -0.15) is 4.31 Å². The molecule has 0 N–H and O–H groups in total. The van der Waals surface area contributed by atoms with Crippen LogP contribution in [0, 0.1) is 0 Å². The van der Waals surface area contributed by atoms with Gasteiger partial charge in [0.05, 0.1) is 15.1 Å². The van der Waals surface area contributed by atoms with E-state index in [0.29, 0.717) is 24.5 Å². The molecule has 3 rings (SSSR count). The lowest BCUT2D eigenvalue weighted by Crippen LogP contribution is -2.27. The van der Waals surface area contributed by atoms with Gasteiger partial charge in [0.1, 0.15) is 0 Å². The molecule has 0 spiro atoms. The maximum absolute atomic E-state index is 12.5. The van der Waals surface area contributed by atoms with Gasteiger partial charge in [-0.15, -0.1) is 0 Å². The van der Waals surface area contributed by atoms with Gasteiger partial charge in [0.2, 0.25) is 10.0 Å². The lowest BCUT2D eigenvalue weighted by molar-refractivity contribution is 0.477. The van der Waals surface area contributed by atoms with Crippen LogP contribution in [0.3, 0.4) is 0 Å². The van der Waals surface area contributed by atoms with Crippen LogP contribution in [-0.4, -0.2) is 30.4 Å². The van der Waals surface area contributed by atoms with Crippen LogP contribution in [-0.2, 0) is 16.6 Å². The molecule has 1 aromatic carbocycles. The van der Waals surface area contributed by atoms with Gasteiger partial charge < -0.3 is 0 Å². The van der Waals surface area contributed by atoms with Gasteiger partial charge in [-0.1, -0.05) is 18.3 Å². The van der Waals surface area contributed by atoms with Crippen LogP contribution in [0.2, 0.25) is 0 Å². The molecule has 0 radical (unpaired) electrons. The molecule has 2 heterocycles. The Balaban J connectivity index is 2.08. The first kappa shape index (κ1) is 14.7. The number of hydrogen-bond donors (Lipinski definition) is 0. The molecule has 1 aromatic heterocycles. The second-order valence-corrected chi connectivity index (χ2v) is 8.19. The molecule has 0 unspecified atom stereocenters. The Bertz CT molecular complexity index is 814. The molecule has 7 heteroatoms. The number of benzene rings is 1. The third-order valence-electron chi connectivity index (χ3n) is 3.79. The van der Waals surface area contributed by atoms with Crippen molar-refractivity contribution in [2.45, 2.75) is 37.6 Å². The van der Waals surface area contributed by atoms with Crippen LogP contribution >= 0.6 is 11.3 Å². The van der Waals surface area contributed by atoms with E-state index in [1.807, 2.05) is 6.92 Å². The van der Waals surface area contributed by atoms with Crippen molar-refractivity contribution in [3.8, 4) is 0 Å². The smallest absolute Gasteiger partial charge is 0.299 e. The highest BCUT2D eigenvalue weighted by Crippen LogP contribution is 2.26. The molecule has 0 aliphatic carbocycles. The second kappa shape index (κ2) is 5.55. The molecule has 0 bridgehead atoms. The van der Waals surface area contributed by atoms with Gasteiger partial charge in [0.25, 0.3) is 0 Å². The Labute approximate surface area is 127 Å². The van der Waals surface area contributed by atoms with E-state index in [2.05, 4.69) is 0 Å². The number of aryl methyl sites for hydroxylation is 1. The minimum atomic E-state index is -3.42. The lowest BCUT2D eigenvalue weighted by Gasteiger charge is -2.15. The molecule has 1 aliphatic heterocycles. The molecule has 1 saturated heterocycles. The second-order valence-electron chi connectivity index (χ2n) is 5.26. The van der Waals surface area contributed by atoms with E-state index >= 15 is 0 Å². The van der Waals surface area contributed by atoms with E-state index in [-0.39, 0.29) is 4.87 Å². The quantitative estimate of drug-likeness (QED) is 0.866. The average Bonchev–Trinajstić information content (AvgIpc) is 3.08. The zero-order chi connectivity index (χ0) is 15.0. The van der Waals surface area contributed by atoms with E-state index in [4.69, 9.17) is 0 Å². The third kappa shape index (κ3) is 2.54. The number of hydrogen-bond acceptors (Lipinski definition) is 4. The molecule has 5 nitrogen and oxygen atoms in total. The minimum absolute atomic E-state index is 0.0254. The highest BCUT2D eigenvalue weighted by molar-refractivity contribution is 7.89. The summed E-state index contributed by atoms with van der Waals surface area (Å²) in [7, 11) is -3.42. The van der Waals surface area contributed by atoms with Gasteiger partial charge in [0.15, 0.2) is 0 Å². The van der Waals surface area contributed by atoms with Crippen LogP contribution in [0.4, 0.5) is 0 Å². The number of rotatable bonds is 4. The van der Waals surface area contributed by atoms with Crippen molar-refractivity contribution in [2.24, 2.45) is 0 Å². The van der Waals surface area contributed by atoms with Gasteiger partial charge in [0, 0.05) is 19.6 Å². The molecular weight excluding hydrogens is 308 g/mol. The van der Waals surface area contributed by atoms with Crippen molar-refractivity contribution in [1.29, 1.82) is 0 Å². The van der Waals surface area contributed by atoms with Crippen LogP contribution in [0.5, 0.6) is 0 Å². The fraction of sp³-hybridized carbons (Fsp3) is 0.500. The number of nitrogens with zero attached hydrogens (tertiary/aromatic N) is 2. The zero-order valence-corrected chi connectivity index (χ0v) is 13.5. The lowest BCUT2D eigenvalue weighted by atomic mass is 10.3. The largest absolute Gasteiger partial charge is 0.308 e. The predicted molar refractivity (Wildman–Crippen MR) is 84.4 cm³/mol. The molecule has 1 fully saturated rings. The number of aromatic nitrogens is 1. The van der Waals surface area contributed by atoms with Crippen molar-refractivity contribution in [1.82, 2.24) is 8.87 Å². The monoisotopic (exact) mass is 326 g/mol. The first-order valence-electron chi connectivity index (χ1n) is 7.17. The molecule has 0 amide bonds. The maximum Gasteiger partial charge on any atom is 0.308 e. The van der Waals surface area contributed by atoms with Crippen molar-refractivity contribution >= 4 is 31.6 Å². The molecular formula is C14H18N2O3S2. The molecule has 1 aliphatic rings. The first-order chi connectivity index (χ1) is 10.0. The summed E-state index contributed by atoms with van der Waals surface area (Å²) < 4.78 is 29.1. The zero-order valence-electron chi connectivity index (χ0n) is 11.9. The van der Waals surface area contributed by atoms with E-state index in [0.717, 1.165) is 40.8 Å². The summed E-state index contributed by atoms with van der Waals surface area (Å²) >= 11 is 1.12. The van der Waals surface area contributed by atoms with E-state index in [9.17, 15) is 13.2 Å². The van der Waals surface area contributed by atoms with Crippen LogP contribution in [0.1, 0.15) is 26.2 Å². The summed E-state index contributed by atoms with van der Waals surface area (Å²) in [6.07, 6.45) is 2.71. The van der Waals surface area contributed by atoms with E-state index in [1.54, 1.807) is 22.8 Å². The molecule has 21 heavy (non-hydrogen) atoms. The van der Waals surface area contributed by atoms with Crippen molar-refractivity contribution < 1.29 is 8.42 Å². The Morgan fingerprint density at radius 3 is 2.62 bits per heavy atom.